The number of carbonyl (C=O) groups is 1. The molecule has 3 aromatic heterocycles. The maximum atomic E-state index is 12.4. The number of aromatic nitrogens is 6. The standard InChI is InChI=1S/C18H16ClN7OS/c1-25-17-13(8-23-25)18(21-11-20-17)28-10-16(27)24-15-6-7-22-26(15)9-12-4-2-3-5-14(12)19/h2-8,11H,9-10H2,1H3,(H,24,27). The summed E-state index contributed by atoms with van der Waals surface area (Å²) in [4.78, 5) is 20.9. The Balaban J connectivity index is 1.42. The summed E-state index contributed by atoms with van der Waals surface area (Å²) < 4.78 is 3.38. The fourth-order valence-electron chi connectivity index (χ4n) is 2.72. The zero-order chi connectivity index (χ0) is 19.5. The molecule has 0 saturated heterocycles. The lowest BCUT2D eigenvalue weighted by Crippen LogP contribution is -2.18. The van der Waals surface area contributed by atoms with Crippen molar-refractivity contribution < 1.29 is 4.79 Å². The second-order valence-electron chi connectivity index (χ2n) is 5.99. The van der Waals surface area contributed by atoms with E-state index in [1.54, 1.807) is 27.8 Å². The minimum absolute atomic E-state index is 0.151. The quantitative estimate of drug-likeness (QED) is 0.386. The van der Waals surface area contributed by atoms with Crippen molar-refractivity contribution in [3.63, 3.8) is 0 Å². The monoisotopic (exact) mass is 413 g/mol. The Hall–Kier alpha value is -2.91. The molecular formula is C18H16ClN7OS. The Morgan fingerprint density at radius 3 is 2.93 bits per heavy atom. The van der Waals surface area contributed by atoms with Crippen LogP contribution in [-0.2, 0) is 18.4 Å². The summed E-state index contributed by atoms with van der Waals surface area (Å²) in [5.41, 5.74) is 1.66. The highest BCUT2D eigenvalue weighted by Crippen LogP contribution is 2.24. The number of nitrogens with zero attached hydrogens (tertiary/aromatic N) is 6. The maximum absolute atomic E-state index is 12.4. The maximum Gasteiger partial charge on any atom is 0.235 e. The minimum atomic E-state index is -0.151. The summed E-state index contributed by atoms with van der Waals surface area (Å²) in [6.45, 7) is 0.470. The lowest BCUT2D eigenvalue weighted by Gasteiger charge is -2.10. The van der Waals surface area contributed by atoms with Crippen LogP contribution >= 0.6 is 23.4 Å². The Morgan fingerprint density at radius 1 is 1.21 bits per heavy atom. The Bertz CT molecular complexity index is 1140. The molecule has 0 aliphatic heterocycles. The van der Waals surface area contributed by atoms with Gasteiger partial charge in [-0.25, -0.2) is 14.6 Å². The van der Waals surface area contributed by atoms with Crippen molar-refractivity contribution in [3.05, 3.63) is 59.6 Å². The summed E-state index contributed by atoms with van der Waals surface area (Å²) in [5, 5.41) is 13.5. The molecule has 0 bridgehead atoms. The smallest absolute Gasteiger partial charge is 0.235 e. The third-order valence-corrected chi connectivity index (χ3v) is 5.47. The van der Waals surface area contributed by atoms with E-state index in [-0.39, 0.29) is 11.7 Å². The molecule has 1 aromatic carbocycles. The summed E-state index contributed by atoms with van der Waals surface area (Å²) in [6, 6.07) is 9.31. The normalized spacial score (nSPS) is 11.1. The van der Waals surface area contributed by atoms with Crippen molar-refractivity contribution in [1.29, 1.82) is 0 Å². The van der Waals surface area contributed by atoms with Gasteiger partial charge in [-0.15, -0.1) is 0 Å². The summed E-state index contributed by atoms with van der Waals surface area (Å²) >= 11 is 7.55. The van der Waals surface area contributed by atoms with E-state index in [0.717, 1.165) is 21.6 Å². The first-order valence-corrected chi connectivity index (χ1v) is 9.79. The van der Waals surface area contributed by atoms with E-state index in [1.807, 2.05) is 31.3 Å². The molecule has 8 nitrogen and oxygen atoms in total. The average molecular weight is 414 g/mol. The first-order chi connectivity index (χ1) is 13.6. The van der Waals surface area contributed by atoms with Gasteiger partial charge in [-0.2, -0.15) is 10.2 Å². The summed E-state index contributed by atoms with van der Waals surface area (Å²) in [7, 11) is 1.82. The van der Waals surface area contributed by atoms with Crippen LogP contribution in [0.25, 0.3) is 11.0 Å². The second kappa shape index (κ2) is 7.99. The van der Waals surface area contributed by atoms with Gasteiger partial charge in [-0.3, -0.25) is 9.48 Å². The van der Waals surface area contributed by atoms with Gasteiger partial charge in [0.2, 0.25) is 5.91 Å². The number of hydrogen-bond donors (Lipinski definition) is 1. The topological polar surface area (TPSA) is 90.5 Å². The van der Waals surface area contributed by atoms with Crippen molar-refractivity contribution in [2.45, 2.75) is 11.6 Å². The number of benzene rings is 1. The SMILES string of the molecule is Cn1ncc2c(SCC(=O)Nc3ccnn3Cc3ccccc3Cl)ncnc21. The molecule has 28 heavy (non-hydrogen) atoms. The highest BCUT2D eigenvalue weighted by atomic mass is 35.5. The van der Waals surface area contributed by atoms with Crippen molar-refractivity contribution in [3.8, 4) is 0 Å². The Morgan fingerprint density at radius 2 is 2.07 bits per heavy atom. The van der Waals surface area contributed by atoms with Gasteiger partial charge >= 0.3 is 0 Å². The van der Waals surface area contributed by atoms with E-state index in [1.165, 1.54) is 18.1 Å². The van der Waals surface area contributed by atoms with Gasteiger partial charge in [-0.05, 0) is 11.6 Å². The Kier molecular flexibility index (Phi) is 5.27. The number of thioether (sulfide) groups is 1. The van der Waals surface area contributed by atoms with E-state index in [4.69, 9.17) is 11.6 Å². The number of carbonyl (C=O) groups excluding carboxylic acids is 1. The molecule has 0 fully saturated rings. The van der Waals surface area contributed by atoms with Crippen LogP contribution in [0.3, 0.4) is 0 Å². The van der Waals surface area contributed by atoms with Crippen molar-refractivity contribution in [2.24, 2.45) is 7.05 Å². The van der Waals surface area contributed by atoms with Crippen LogP contribution in [-0.4, -0.2) is 41.2 Å². The molecule has 3 heterocycles. The molecule has 0 saturated carbocycles. The van der Waals surface area contributed by atoms with E-state index in [2.05, 4.69) is 25.5 Å². The molecule has 0 spiro atoms. The van der Waals surface area contributed by atoms with Crippen molar-refractivity contribution in [2.75, 3.05) is 11.1 Å². The van der Waals surface area contributed by atoms with Crippen molar-refractivity contribution in [1.82, 2.24) is 29.5 Å². The molecule has 10 heteroatoms. The number of fused-ring (bicyclic) bond motifs is 1. The molecule has 0 unspecified atom stereocenters. The molecule has 1 amide bonds. The summed E-state index contributed by atoms with van der Waals surface area (Å²) in [6.07, 6.45) is 4.82. The molecule has 4 rings (SSSR count). The van der Waals surface area contributed by atoms with Crippen LogP contribution in [0, 0.1) is 0 Å². The van der Waals surface area contributed by atoms with Crippen LogP contribution in [0.5, 0.6) is 0 Å². The van der Waals surface area contributed by atoms with E-state index in [9.17, 15) is 4.79 Å². The van der Waals surface area contributed by atoms with E-state index >= 15 is 0 Å². The first kappa shape index (κ1) is 18.5. The van der Waals surface area contributed by atoms with Gasteiger partial charge in [0.05, 0.1) is 30.1 Å². The molecule has 1 N–H and O–H groups in total. The third kappa shape index (κ3) is 3.85. The van der Waals surface area contributed by atoms with Gasteiger partial charge in [0.15, 0.2) is 5.65 Å². The van der Waals surface area contributed by atoms with E-state index < -0.39 is 0 Å². The van der Waals surface area contributed by atoms with Crippen LogP contribution in [0.4, 0.5) is 5.82 Å². The van der Waals surface area contributed by atoms with Crippen LogP contribution < -0.4 is 5.32 Å². The van der Waals surface area contributed by atoms with Crippen LogP contribution in [0.2, 0.25) is 5.02 Å². The number of amides is 1. The molecule has 0 aliphatic carbocycles. The minimum Gasteiger partial charge on any atom is -0.310 e. The van der Waals surface area contributed by atoms with Gasteiger partial charge in [0.25, 0.3) is 0 Å². The predicted octanol–water partition coefficient (Wildman–Crippen LogP) is 2.99. The highest BCUT2D eigenvalue weighted by Gasteiger charge is 2.13. The lowest BCUT2D eigenvalue weighted by atomic mass is 10.2. The van der Waals surface area contributed by atoms with Gasteiger partial charge in [0.1, 0.15) is 17.2 Å². The number of nitrogens with one attached hydrogen (secondary N) is 1. The number of halogens is 1. The second-order valence-corrected chi connectivity index (χ2v) is 7.36. The van der Waals surface area contributed by atoms with Gasteiger partial charge in [0, 0.05) is 18.1 Å². The van der Waals surface area contributed by atoms with Gasteiger partial charge < -0.3 is 5.32 Å². The Labute approximate surface area is 169 Å². The highest BCUT2D eigenvalue weighted by molar-refractivity contribution is 8.00. The van der Waals surface area contributed by atoms with Crippen LogP contribution in [0.15, 0.2) is 54.1 Å². The fraction of sp³-hybridized carbons (Fsp3) is 0.167. The molecule has 0 radical (unpaired) electrons. The first-order valence-electron chi connectivity index (χ1n) is 8.42. The number of hydrogen-bond acceptors (Lipinski definition) is 6. The average Bonchev–Trinajstić information content (AvgIpc) is 3.29. The largest absolute Gasteiger partial charge is 0.310 e. The lowest BCUT2D eigenvalue weighted by molar-refractivity contribution is -0.113. The number of aryl methyl sites for hydroxylation is 1. The summed E-state index contributed by atoms with van der Waals surface area (Å²) in [5.74, 6) is 0.666. The number of rotatable bonds is 6. The zero-order valence-corrected chi connectivity index (χ0v) is 16.5. The van der Waals surface area contributed by atoms with Gasteiger partial charge in [-0.1, -0.05) is 41.6 Å². The van der Waals surface area contributed by atoms with E-state index in [0.29, 0.717) is 17.4 Å². The molecule has 0 atom stereocenters. The van der Waals surface area contributed by atoms with Crippen LogP contribution in [0.1, 0.15) is 5.56 Å². The molecule has 4 aromatic rings. The predicted molar refractivity (Wildman–Crippen MR) is 108 cm³/mol. The molecular weight excluding hydrogens is 398 g/mol. The van der Waals surface area contributed by atoms with Crippen molar-refractivity contribution >= 4 is 46.1 Å². The zero-order valence-electron chi connectivity index (χ0n) is 14.9. The molecule has 0 aliphatic rings. The number of anilines is 1. The fourth-order valence-corrected chi connectivity index (χ4v) is 3.68. The molecule has 142 valence electrons. The third-order valence-electron chi connectivity index (χ3n) is 4.09.